The van der Waals surface area contributed by atoms with Gasteiger partial charge in [-0.1, -0.05) is 20.8 Å². The Morgan fingerprint density at radius 2 is 2.14 bits per heavy atom. The highest BCUT2D eigenvalue weighted by Gasteiger charge is 2.27. The van der Waals surface area contributed by atoms with Crippen molar-refractivity contribution in [2.75, 3.05) is 19.0 Å². The minimum atomic E-state index is 0.0934. The molecule has 1 aliphatic heterocycles. The smallest absolute Gasteiger partial charge is 0.223 e. The third kappa shape index (κ3) is 3.49. The summed E-state index contributed by atoms with van der Waals surface area (Å²) in [7, 11) is 0. The van der Waals surface area contributed by atoms with Gasteiger partial charge < -0.3 is 4.90 Å². The monoisotopic (exact) mass is 217 g/mol. The third-order valence-corrected chi connectivity index (χ3v) is 2.97. The van der Waals surface area contributed by atoms with Gasteiger partial charge in [0.05, 0.1) is 0 Å². The quantitative estimate of drug-likeness (QED) is 0.651. The van der Waals surface area contributed by atoms with E-state index in [-0.39, 0.29) is 11.3 Å². The van der Waals surface area contributed by atoms with E-state index in [2.05, 4.69) is 20.8 Å². The molecule has 14 heavy (non-hydrogen) atoms. The van der Waals surface area contributed by atoms with Crippen LogP contribution in [0.4, 0.5) is 0 Å². The Hall–Kier alpha value is -0.240. The Bertz CT molecular complexity index is 210. The molecule has 0 radical (unpaired) electrons. The lowest BCUT2D eigenvalue weighted by atomic mass is 9.92. The maximum Gasteiger partial charge on any atom is 0.223 e. The molecule has 0 aromatic rings. The first-order valence-electron chi connectivity index (χ1n) is 5.26. The number of likely N-dealkylation sites (tertiary alicyclic amines) is 1. The van der Waals surface area contributed by atoms with Gasteiger partial charge >= 0.3 is 0 Å². The molecule has 0 aliphatic carbocycles. The zero-order chi connectivity index (χ0) is 10.8. The van der Waals surface area contributed by atoms with Crippen LogP contribution in [0.25, 0.3) is 0 Å². The van der Waals surface area contributed by atoms with Crippen molar-refractivity contribution in [2.24, 2.45) is 11.3 Å². The largest absolute Gasteiger partial charge is 0.342 e. The molecule has 82 valence electrons. The molecular formula is C11H20ClNO. The molecule has 2 nitrogen and oxygen atoms in total. The lowest BCUT2D eigenvalue weighted by Crippen LogP contribution is -2.31. The summed E-state index contributed by atoms with van der Waals surface area (Å²) in [6.45, 7) is 8.05. The highest BCUT2D eigenvalue weighted by molar-refractivity contribution is 6.18. The van der Waals surface area contributed by atoms with Crippen molar-refractivity contribution in [2.45, 2.75) is 33.6 Å². The molecule has 1 fully saturated rings. The van der Waals surface area contributed by atoms with Crippen LogP contribution in [0.1, 0.15) is 33.6 Å². The molecule has 0 aromatic heterocycles. The number of carbonyl (C=O) groups excluding carboxylic acids is 1. The third-order valence-electron chi connectivity index (χ3n) is 2.54. The van der Waals surface area contributed by atoms with Gasteiger partial charge in [-0.05, 0) is 17.8 Å². The van der Waals surface area contributed by atoms with Gasteiger partial charge in [-0.25, -0.2) is 0 Å². The maximum absolute atomic E-state index is 11.8. The van der Waals surface area contributed by atoms with Crippen molar-refractivity contribution in [3.63, 3.8) is 0 Å². The van der Waals surface area contributed by atoms with Gasteiger partial charge in [0.1, 0.15) is 0 Å². The molecule has 1 rings (SSSR count). The Morgan fingerprint density at radius 3 is 2.57 bits per heavy atom. The average molecular weight is 218 g/mol. The fourth-order valence-electron chi connectivity index (χ4n) is 1.75. The molecule has 0 aromatic carbocycles. The normalized spacial score (nSPS) is 22.9. The fourth-order valence-corrected chi connectivity index (χ4v) is 2.00. The number of halogens is 1. The van der Waals surface area contributed by atoms with Crippen molar-refractivity contribution in [1.82, 2.24) is 4.90 Å². The van der Waals surface area contributed by atoms with E-state index in [1.54, 1.807) is 0 Å². The van der Waals surface area contributed by atoms with Gasteiger partial charge in [0.25, 0.3) is 0 Å². The fraction of sp³-hybridized carbons (Fsp3) is 0.909. The standard InChI is InChI=1S/C11H20ClNO/c1-11(2,3)6-10(14)13-5-4-9(7-12)8-13/h9H,4-8H2,1-3H3. The summed E-state index contributed by atoms with van der Waals surface area (Å²) in [5, 5.41) is 0. The first kappa shape index (κ1) is 11.8. The van der Waals surface area contributed by atoms with E-state index in [9.17, 15) is 4.79 Å². The minimum absolute atomic E-state index is 0.0934. The summed E-state index contributed by atoms with van der Waals surface area (Å²) < 4.78 is 0. The van der Waals surface area contributed by atoms with Gasteiger partial charge in [0.15, 0.2) is 0 Å². The van der Waals surface area contributed by atoms with Crippen LogP contribution in [0.3, 0.4) is 0 Å². The zero-order valence-electron chi connectivity index (χ0n) is 9.35. The Balaban J connectivity index is 2.40. The molecule has 1 atom stereocenters. The first-order chi connectivity index (χ1) is 6.42. The van der Waals surface area contributed by atoms with Crippen LogP contribution in [-0.4, -0.2) is 29.8 Å². The predicted molar refractivity (Wildman–Crippen MR) is 59.5 cm³/mol. The topological polar surface area (TPSA) is 20.3 Å². The Morgan fingerprint density at radius 1 is 1.50 bits per heavy atom. The molecule has 1 saturated heterocycles. The first-order valence-corrected chi connectivity index (χ1v) is 5.79. The molecule has 0 bridgehead atoms. The SMILES string of the molecule is CC(C)(C)CC(=O)N1CCC(CCl)C1. The number of nitrogens with zero attached hydrogens (tertiary/aromatic N) is 1. The molecular weight excluding hydrogens is 198 g/mol. The van der Waals surface area contributed by atoms with Crippen LogP contribution in [-0.2, 0) is 4.79 Å². The van der Waals surface area contributed by atoms with Crippen LogP contribution in [0.15, 0.2) is 0 Å². The van der Waals surface area contributed by atoms with Gasteiger partial charge in [-0.3, -0.25) is 4.79 Å². The summed E-state index contributed by atoms with van der Waals surface area (Å²) in [6, 6.07) is 0. The van der Waals surface area contributed by atoms with Crippen LogP contribution in [0, 0.1) is 11.3 Å². The van der Waals surface area contributed by atoms with Crippen molar-refractivity contribution < 1.29 is 4.79 Å². The van der Waals surface area contributed by atoms with Crippen molar-refractivity contribution >= 4 is 17.5 Å². The number of carbonyl (C=O) groups is 1. The molecule has 1 amide bonds. The summed E-state index contributed by atoms with van der Waals surface area (Å²) in [5.41, 5.74) is 0.0934. The van der Waals surface area contributed by atoms with E-state index >= 15 is 0 Å². The zero-order valence-corrected chi connectivity index (χ0v) is 10.1. The van der Waals surface area contributed by atoms with Crippen LogP contribution < -0.4 is 0 Å². The molecule has 1 unspecified atom stereocenters. The second-order valence-electron chi connectivity index (χ2n) is 5.39. The second-order valence-corrected chi connectivity index (χ2v) is 5.69. The number of hydrogen-bond acceptors (Lipinski definition) is 1. The maximum atomic E-state index is 11.8. The number of amides is 1. The molecule has 1 heterocycles. The second kappa shape index (κ2) is 4.52. The lowest BCUT2D eigenvalue weighted by molar-refractivity contribution is -0.132. The van der Waals surface area contributed by atoms with Gasteiger partial charge in [0, 0.05) is 25.4 Å². The molecule has 1 aliphatic rings. The summed E-state index contributed by atoms with van der Waals surface area (Å²) in [6.07, 6.45) is 1.71. The van der Waals surface area contributed by atoms with E-state index in [0.29, 0.717) is 18.2 Å². The molecule has 3 heteroatoms. The van der Waals surface area contributed by atoms with E-state index in [1.807, 2.05) is 4.90 Å². The number of alkyl halides is 1. The van der Waals surface area contributed by atoms with Gasteiger partial charge in [-0.2, -0.15) is 0 Å². The summed E-state index contributed by atoms with van der Waals surface area (Å²) in [4.78, 5) is 13.8. The van der Waals surface area contributed by atoms with E-state index in [4.69, 9.17) is 11.6 Å². The van der Waals surface area contributed by atoms with Gasteiger partial charge in [0.2, 0.25) is 5.91 Å². The summed E-state index contributed by atoms with van der Waals surface area (Å²) in [5.74, 6) is 1.48. The van der Waals surface area contributed by atoms with E-state index in [1.165, 1.54) is 0 Å². The van der Waals surface area contributed by atoms with E-state index in [0.717, 1.165) is 19.5 Å². The molecule has 0 spiro atoms. The predicted octanol–water partition coefficient (Wildman–Crippen LogP) is 2.51. The summed E-state index contributed by atoms with van der Waals surface area (Å²) >= 11 is 5.77. The average Bonchev–Trinajstić information content (AvgIpc) is 2.48. The highest BCUT2D eigenvalue weighted by atomic mass is 35.5. The Kier molecular flexibility index (Phi) is 3.82. The van der Waals surface area contributed by atoms with Crippen LogP contribution in [0.2, 0.25) is 0 Å². The van der Waals surface area contributed by atoms with E-state index < -0.39 is 0 Å². The molecule has 0 saturated carbocycles. The van der Waals surface area contributed by atoms with Crippen molar-refractivity contribution in [3.05, 3.63) is 0 Å². The molecule has 0 N–H and O–H groups in total. The minimum Gasteiger partial charge on any atom is -0.342 e. The van der Waals surface area contributed by atoms with Crippen molar-refractivity contribution in [3.8, 4) is 0 Å². The lowest BCUT2D eigenvalue weighted by Gasteiger charge is -2.22. The van der Waals surface area contributed by atoms with Crippen LogP contribution in [0.5, 0.6) is 0 Å². The number of hydrogen-bond donors (Lipinski definition) is 0. The van der Waals surface area contributed by atoms with Gasteiger partial charge in [-0.15, -0.1) is 11.6 Å². The van der Waals surface area contributed by atoms with Crippen molar-refractivity contribution in [1.29, 1.82) is 0 Å². The highest BCUT2D eigenvalue weighted by Crippen LogP contribution is 2.23. The Labute approximate surface area is 91.6 Å². The number of rotatable bonds is 2. The van der Waals surface area contributed by atoms with Crippen LogP contribution >= 0.6 is 11.6 Å².